The lowest BCUT2D eigenvalue weighted by atomic mass is 10.2. The lowest BCUT2D eigenvalue weighted by Crippen LogP contribution is -2.23. The summed E-state index contributed by atoms with van der Waals surface area (Å²) in [5.41, 5.74) is 1.61. The SMILES string of the molecule is CCCn1c(=O)c2ccccc2n2c(SCc3coc(-c4cccs4)n3)nnc12. The first kappa shape index (κ1) is 18.1. The van der Waals surface area contributed by atoms with Gasteiger partial charge in [0.25, 0.3) is 5.56 Å². The molecule has 5 aromatic rings. The van der Waals surface area contributed by atoms with Crippen LogP contribution in [0, 0.1) is 0 Å². The van der Waals surface area contributed by atoms with E-state index in [0.717, 1.165) is 27.7 Å². The molecular weight excluding hydrogens is 406 g/mol. The fourth-order valence-corrected chi connectivity index (χ4v) is 4.75. The van der Waals surface area contributed by atoms with Crippen LogP contribution in [0.4, 0.5) is 0 Å². The van der Waals surface area contributed by atoms with Crippen LogP contribution in [0.2, 0.25) is 0 Å². The highest BCUT2D eigenvalue weighted by atomic mass is 32.2. The van der Waals surface area contributed by atoms with Crippen molar-refractivity contribution in [1.82, 2.24) is 24.1 Å². The van der Waals surface area contributed by atoms with Crippen molar-refractivity contribution in [1.29, 1.82) is 0 Å². The third-order valence-electron chi connectivity index (χ3n) is 4.56. The number of para-hydroxylation sites is 1. The number of aryl methyl sites for hydroxylation is 1. The van der Waals surface area contributed by atoms with E-state index in [9.17, 15) is 4.79 Å². The number of thioether (sulfide) groups is 1. The van der Waals surface area contributed by atoms with E-state index in [1.54, 1.807) is 22.2 Å². The van der Waals surface area contributed by atoms with Crippen LogP contribution in [-0.2, 0) is 12.3 Å². The van der Waals surface area contributed by atoms with Crippen LogP contribution in [0.5, 0.6) is 0 Å². The lowest BCUT2D eigenvalue weighted by molar-refractivity contribution is 0.575. The van der Waals surface area contributed by atoms with Crippen LogP contribution in [0.3, 0.4) is 0 Å². The van der Waals surface area contributed by atoms with Crippen molar-refractivity contribution in [3.05, 3.63) is 64.1 Å². The second-order valence-corrected chi connectivity index (χ2v) is 8.39. The van der Waals surface area contributed by atoms with Crippen molar-refractivity contribution < 1.29 is 4.42 Å². The normalized spacial score (nSPS) is 11.6. The van der Waals surface area contributed by atoms with Crippen LogP contribution >= 0.6 is 23.1 Å². The van der Waals surface area contributed by atoms with Gasteiger partial charge in [-0.25, -0.2) is 4.98 Å². The summed E-state index contributed by atoms with van der Waals surface area (Å²) in [6, 6.07) is 11.5. The summed E-state index contributed by atoms with van der Waals surface area (Å²) in [6.45, 7) is 2.64. The number of benzene rings is 1. The molecule has 0 fully saturated rings. The summed E-state index contributed by atoms with van der Waals surface area (Å²) in [5.74, 6) is 1.79. The molecule has 0 aliphatic heterocycles. The summed E-state index contributed by atoms with van der Waals surface area (Å²) in [6.07, 6.45) is 2.52. The maximum atomic E-state index is 12.9. The number of fused-ring (bicyclic) bond motifs is 3. The second-order valence-electron chi connectivity index (χ2n) is 6.50. The smallest absolute Gasteiger partial charge is 0.262 e. The number of thiophene rings is 1. The molecule has 4 heterocycles. The average Bonchev–Trinajstić information content (AvgIpc) is 3.50. The number of oxazole rings is 1. The summed E-state index contributed by atoms with van der Waals surface area (Å²) >= 11 is 3.12. The van der Waals surface area contributed by atoms with Crippen molar-refractivity contribution in [3.63, 3.8) is 0 Å². The van der Waals surface area contributed by atoms with Gasteiger partial charge in [-0.1, -0.05) is 36.9 Å². The van der Waals surface area contributed by atoms with Crippen molar-refractivity contribution >= 4 is 39.8 Å². The number of hydrogen-bond acceptors (Lipinski definition) is 7. The Morgan fingerprint density at radius 1 is 1.17 bits per heavy atom. The number of hydrogen-bond donors (Lipinski definition) is 0. The van der Waals surface area contributed by atoms with Gasteiger partial charge in [0.15, 0.2) is 5.16 Å². The van der Waals surface area contributed by atoms with E-state index in [1.807, 2.05) is 53.1 Å². The quantitative estimate of drug-likeness (QED) is 0.375. The zero-order valence-electron chi connectivity index (χ0n) is 15.6. The fraction of sp³-hybridized carbons (Fsp3) is 0.200. The van der Waals surface area contributed by atoms with Gasteiger partial charge < -0.3 is 4.42 Å². The van der Waals surface area contributed by atoms with Gasteiger partial charge in [-0.3, -0.25) is 13.8 Å². The van der Waals surface area contributed by atoms with Crippen LogP contribution < -0.4 is 5.56 Å². The molecule has 0 bridgehead atoms. The van der Waals surface area contributed by atoms with E-state index in [4.69, 9.17) is 4.42 Å². The standard InChI is InChI=1S/C20H17N5O2S2/c1-2-9-24-18(26)14-6-3-4-7-15(14)25-19(24)22-23-20(25)29-12-13-11-27-17(21-13)16-8-5-10-28-16/h3-8,10-11H,2,9,12H2,1H3. The minimum atomic E-state index is -0.0315. The largest absolute Gasteiger partial charge is 0.444 e. The fourth-order valence-electron chi connectivity index (χ4n) is 3.28. The maximum Gasteiger partial charge on any atom is 0.262 e. The minimum absolute atomic E-state index is 0.0315. The van der Waals surface area contributed by atoms with E-state index < -0.39 is 0 Å². The molecule has 0 aliphatic rings. The van der Waals surface area contributed by atoms with Gasteiger partial charge in [0.1, 0.15) is 6.26 Å². The van der Waals surface area contributed by atoms with Gasteiger partial charge in [-0.15, -0.1) is 21.5 Å². The maximum absolute atomic E-state index is 12.9. The number of rotatable bonds is 6. The Bertz CT molecular complexity index is 1350. The summed E-state index contributed by atoms with van der Waals surface area (Å²) in [5, 5.41) is 12.1. The Kier molecular flexibility index (Phi) is 4.69. The lowest BCUT2D eigenvalue weighted by Gasteiger charge is -2.10. The molecule has 0 N–H and O–H groups in total. The Labute approximate surface area is 174 Å². The third-order valence-corrected chi connectivity index (χ3v) is 6.38. The molecular formula is C20H17N5O2S2. The first-order valence-corrected chi connectivity index (χ1v) is 11.1. The molecule has 0 spiro atoms. The topological polar surface area (TPSA) is 78.2 Å². The highest BCUT2D eigenvalue weighted by Gasteiger charge is 2.17. The van der Waals surface area contributed by atoms with Crippen LogP contribution in [0.25, 0.3) is 27.4 Å². The molecule has 0 atom stereocenters. The summed E-state index contributed by atoms with van der Waals surface area (Å²) in [4.78, 5) is 18.5. The molecule has 9 heteroatoms. The molecule has 0 saturated heterocycles. The van der Waals surface area contributed by atoms with E-state index in [1.165, 1.54) is 11.8 Å². The van der Waals surface area contributed by atoms with Crippen LogP contribution in [0.15, 0.2) is 62.4 Å². The van der Waals surface area contributed by atoms with Gasteiger partial charge in [0.2, 0.25) is 11.7 Å². The van der Waals surface area contributed by atoms with Gasteiger partial charge in [0.05, 0.1) is 21.5 Å². The Balaban J connectivity index is 1.53. The molecule has 4 aromatic heterocycles. The minimum Gasteiger partial charge on any atom is -0.444 e. The Hall–Kier alpha value is -2.91. The van der Waals surface area contributed by atoms with Crippen LogP contribution in [0.1, 0.15) is 19.0 Å². The number of aromatic nitrogens is 5. The molecule has 0 unspecified atom stereocenters. The third kappa shape index (κ3) is 3.16. The Morgan fingerprint density at radius 3 is 2.90 bits per heavy atom. The van der Waals surface area contributed by atoms with E-state index in [2.05, 4.69) is 15.2 Å². The van der Waals surface area contributed by atoms with Gasteiger partial charge in [-0.05, 0) is 30.0 Å². The molecule has 0 saturated carbocycles. The molecule has 29 heavy (non-hydrogen) atoms. The van der Waals surface area contributed by atoms with Crippen molar-refractivity contribution in [2.24, 2.45) is 0 Å². The monoisotopic (exact) mass is 423 g/mol. The molecule has 5 rings (SSSR count). The van der Waals surface area contributed by atoms with Crippen LogP contribution in [-0.4, -0.2) is 24.1 Å². The van der Waals surface area contributed by atoms with Gasteiger partial charge in [-0.2, -0.15) is 0 Å². The highest BCUT2D eigenvalue weighted by Crippen LogP contribution is 2.27. The van der Waals surface area contributed by atoms with Crippen molar-refractivity contribution in [3.8, 4) is 10.8 Å². The first-order chi connectivity index (χ1) is 14.3. The predicted molar refractivity (Wildman–Crippen MR) is 114 cm³/mol. The molecule has 146 valence electrons. The molecule has 7 nitrogen and oxygen atoms in total. The highest BCUT2D eigenvalue weighted by molar-refractivity contribution is 7.98. The molecule has 1 aromatic carbocycles. The van der Waals surface area contributed by atoms with Gasteiger partial charge >= 0.3 is 0 Å². The summed E-state index contributed by atoms with van der Waals surface area (Å²) in [7, 11) is 0. The zero-order valence-corrected chi connectivity index (χ0v) is 17.2. The van der Waals surface area contributed by atoms with Crippen molar-refractivity contribution in [2.75, 3.05) is 0 Å². The van der Waals surface area contributed by atoms with Crippen molar-refractivity contribution in [2.45, 2.75) is 30.8 Å². The van der Waals surface area contributed by atoms with E-state index in [0.29, 0.717) is 29.4 Å². The first-order valence-electron chi connectivity index (χ1n) is 9.24. The number of nitrogens with zero attached hydrogens (tertiary/aromatic N) is 5. The summed E-state index contributed by atoms with van der Waals surface area (Å²) < 4.78 is 9.26. The second kappa shape index (κ2) is 7.49. The Morgan fingerprint density at radius 2 is 2.07 bits per heavy atom. The van der Waals surface area contributed by atoms with E-state index >= 15 is 0 Å². The molecule has 0 amide bonds. The van der Waals surface area contributed by atoms with E-state index in [-0.39, 0.29) is 5.56 Å². The average molecular weight is 424 g/mol. The molecule has 0 radical (unpaired) electrons. The molecule has 0 aliphatic carbocycles. The zero-order chi connectivity index (χ0) is 19.8. The van der Waals surface area contributed by atoms with Gasteiger partial charge in [0, 0.05) is 12.3 Å². The predicted octanol–water partition coefficient (Wildman–Crippen LogP) is 4.46.